The zero-order valence-corrected chi connectivity index (χ0v) is 44.1. The Morgan fingerprint density at radius 2 is 0.900 bits per heavy atom. The summed E-state index contributed by atoms with van der Waals surface area (Å²) in [6.07, 6.45) is 1.67. The Morgan fingerprint density at radius 1 is 0.543 bits per heavy atom. The maximum atomic E-state index is 12.2. The zero-order chi connectivity index (χ0) is 51.3. The molecule has 0 aliphatic rings. The number of carboxylic acids is 1. The van der Waals surface area contributed by atoms with Crippen LogP contribution in [0.2, 0.25) is 39.7 Å². The van der Waals surface area contributed by atoms with Gasteiger partial charge in [0.1, 0.15) is 14.1 Å². The van der Waals surface area contributed by atoms with Gasteiger partial charge in [-0.1, -0.05) is 230 Å². The molecule has 7 rings (SSSR count). The number of amides is 2. The fraction of sp³-hybridized carbons (Fsp3) is 0.196. The number of rotatable bonds is 14. The third-order valence-electron chi connectivity index (χ3n) is 9.60. The van der Waals surface area contributed by atoms with Gasteiger partial charge < -0.3 is 21.5 Å². The van der Waals surface area contributed by atoms with E-state index in [0.717, 1.165) is 44.8 Å². The van der Waals surface area contributed by atoms with Crippen LogP contribution < -0.4 is 16.4 Å². The van der Waals surface area contributed by atoms with E-state index in [1.54, 1.807) is 30.3 Å². The molecule has 5 N–H and O–H groups in total. The fourth-order valence-corrected chi connectivity index (χ4v) is 7.09. The lowest BCUT2D eigenvalue weighted by atomic mass is 9.99. The van der Waals surface area contributed by atoms with Gasteiger partial charge >= 0.3 is 12.0 Å². The second-order valence-corrected chi connectivity index (χ2v) is 25.6. The minimum absolute atomic E-state index is 0.000559. The average molecular weight is 1060 g/mol. The first-order valence-corrected chi connectivity index (χ1v) is 28.4. The molecule has 0 fully saturated rings. The first-order chi connectivity index (χ1) is 33.4. The molecular weight excluding hydrogens is 1000 g/mol. The van der Waals surface area contributed by atoms with Crippen molar-refractivity contribution in [2.75, 3.05) is 13.2 Å². The summed E-state index contributed by atoms with van der Waals surface area (Å²) >= 11 is 29.7. The number of hydrogen-bond acceptors (Lipinski definition) is 4. The number of Topliss-reactive ketones (excluding diaryl/α,β-unsaturated/α-hetero) is 1. The summed E-state index contributed by atoms with van der Waals surface area (Å²) in [4.78, 5) is 34.0. The standard InChI is InChI=1S/C17H18ClFN2O.C14H14ClN.C14H11ClO.C8H7ClO2.C3H9ClSi/c18-15-9-5-4-8-14(15)12-16(13-6-2-1-3-7-13)21-17(22)20-11-10-19;2*15-13-9-5-4-8-12(13)10-14(16)11-6-2-1-3-7-11;9-7-4-2-1-3-6(7)5-8(10)11;1-5(2,3)4/h1-9,16H,10-12H2,(H2,20,21,22);1-9,14H,10,16H2;1-9H,10H2;1-4H,5H2,(H,10,11);1-3H3. The van der Waals surface area contributed by atoms with Crippen LogP contribution in [0.15, 0.2) is 188 Å². The predicted octanol–water partition coefficient (Wildman–Crippen LogP) is 15.3. The van der Waals surface area contributed by atoms with Crippen LogP contribution in [0.3, 0.4) is 0 Å². The molecule has 368 valence electrons. The second-order valence-electron chi connectivity index (χ2n) is 16.4. The maximum absolute atomic E-state index is 12.2. The minimum Gasteiger partial charge on any atom is -0.481 e. The van der Waals surface area contributed by atoms with Crippen molar-refractivity contribution in [3.05, 3.63) is 247 Å². The molecule has 7 aromatic carbocycles. The summed E-state index contributed by atoms with van der Waals surface area (Å²) in [6, 6.07) is 58.0. The Balaban J connectivity index is 0.000000244. The minimum atomic E-state index is -1.14. The van der Waals surface area contributed by atoms with E-state index in [9.17, 15) is 18.8 Å². The lowest BCUT2D eigenvalue weighted by molar-refractivity contribution is -0.136. The van der Waals surface area contributed by atoms with Crippen molar-refractivity contribution in [1.29, 1.82) is 0 Å². The summed E-state index contributed by atoms with van der Waals surface area (Å²) in [6.45, 7) is 5.69. The van der Waals surface area contributed by atoms with Gasteiger partial charge in [-0.2, -0.15) is 11.1 Å². The van der Waals surface area contributed by atoms with E-state index >= 15 is 0 Å². The summed E-state index contributed by atoms with van der Waals surface area (Å²) < 4.78 is 12.2. The largest absolute Gasteiger partial charge is 0.481 e. The van der Waals surface area contributed by atoms with Crippen LogP contribution >= 0.6 is 57.5 Å². The van der Waals surface area contributed by atoms with Gasteiger partial charge in [0.05, 0.1) is 12.5 Å². The van der Waals surface area contributed by atoms with E-state index in [-0.39, 0.29) is 30.8 Å². The van der Waals surface area contributed by atoms with E-state index in [1.807, 2.05) is 158 Å². The van der Waals surface area contributed by atoms with Gasteiger partial charge in [-0.25, -0.2) is 9.18 Å². The zero-order valence-electron chi connectivity index (χ0n) is 39.3. The van der Waals surface area contributed by atoms with Crippen LogP contribution in [-0.4, -0.2) is 43.5 Å². The van der Waals surface area contributed by atoms with Gasteiger partial charge in [0, 0.05) is 44.7 Å². The number of ketones is 1. The Hall–Kier alpha value is -5.49. The molecule has 2 amide bonds. The molecule has 0 saturated carbocycles. The first kappa shape index (κ1) is 58.8. The van der Waals surface area contributed by atoms with Crippen molar-refractivity contribution in [1.82, 2.24) is 10.6 Å². The highest BCUT2D eigenvalue weighted by molar-refractivity contribution is 7.18. The van der Waals surface area contributed by atoms with Crippen LogP contribution in [0.25, 0.3) is 0 Å². The number of carboxylic acid groups (broad SMARTS) is 1. The molecule has 0 heterocycles. The Kier molecular flexibility index (Phi) is 27.2. The summed E-state index contributed by atoms with van der Waals surface area (Å²) in [5.74, 6) is -0.771. The number of aliphatic carboxylic acids is 1. The second kappa shape index (κ2) is 32.4. The molecule has 7 aromatic rings. The van der Waals surface area contributed by atoms with Crippen molar-refractivity contribution >= 4 is 82.7 Å². The summed E-state index contributed by atoms with van der Waals surface area (Å²) in [5.41, 5.74) is 12.5. The quantitative estimate of drug-likeness (QED) is 0.0491. The van der Waals surface area contributed by atoms with E-state index in [1.165, 1.54) is 0 Å². The number of carbonyl (C=O) groups is 3. The van der Waals surface area contributed by atoms with Gasteiger partial charge in [0.25, 0.3) is 0 Å². The molecular formula is C56H59Cl5FN3O4Si. The molecule has 0 radical (unpaired) electrons. The maximum Gasteiger partial charge on any atom is 0.315 e. The van der Waals surface area contributed by atoms with Gasteiger partial charge in [0.15, 0.2) is 5.78 Å². The molecule has 2 atom stereocenters. The van der Waals surface area contributed by atoms with Crippen LogP contribution in [0, 0.1) is 0 Å². The number of benzene rings is 7. The molecule has 0 saturated heterocycles. The Morgan fingerprint density at radius 3 is 1.31 bits per heavy atom. The highest BCUT2D eigenvalue weighted by atomic mass is 35.6. The highest BCUT2D eigenvalue weighted by Gasteiger charge is 2.17. The van der Waals surface area contributed by atoms with E-state index < -0.39 is 26.1 Å². The highest BCUT2D eigenvalue weighted by Crippen LogP contribution is 2.25. The van der Waals surface area contributed by atoms with Gasteiger partial charge in [-0.15, -0.1) is 0 Å². The monoisotopic (exact) mass is 1060 g/mol. The van der Waals surface area contributed by atoms with Gasteiger partial charge in [-0.05, 0) is 70.5 Å². The summed E-state index contributed by atoms with van der Waals surface area (Å²) in [7, 11) is -1.14. The molecule has 0 aliphatic carbocycles. The van der Waals surface area contributed by atoms with Crippen molar-refractivity contribution in [2.45, 2.75) is 57.4 Å². The third-order valence-corrected chi connectivity index (χ3v) is 11.1. The normalized spacial score (nSPS) is 11.2. The molecule has 7 nitrogen and oxygen atoms in total. The van der Waals surface area contributed by atoms with Crippen LogP contribution in [0.4, 0.5) is 9.18 Å². The topological polar surface area (TPSA) is 122 Å². The number of urea groups is 1. The predicted molar refractivity (Wildman–Crippen MR) is 293 cm³/mol. The smallest absolute Gasteiger partial charge is 0.315 e. The number of nitrogens with one attached hydrogen (secondary N) is 2. The summed E-state index contributed by atoms with van der Waals surface area (Å²) in [5, 5.41) is 16.4. The molecule has 2 unspecified atom stereocenters. The SMILES string of the molecule is C[Si](C)(C)Cl.NC(Cc1ccccc1Cl)c1ccccc1.O=C(Cc1ccccc1Cl)c1ccccc1.O=C(NCCF)NC(Cc1ccccc1Cl)c1ccccc1.O=C(O)Cc1ccccc1Cl. The number of nitrogens with two attached hydrogens (primary N) is 1. The molecule has 0 aliphatic heterocycles. The lowest BCUT2D eigenvalue weighted by Gasteiger charge is -2.20. The molecule has 0 bridgehead atoms. The number of halogens is 6. The average Bonchev–Trinajstić information content (AvgIpc) is 3.34. The Labute approximate surface area is 437 Å². The molecule has 14 heteroatoms. The lowest BCUT2D eigenvalue weighted by Crippen LogP contribution is -2.39. The van der Waals surface area contributed by atoms with Crippen LogP contribution in [0.1, 0.15) is 55.8 Å². The number of carbonyl (C=O) groups excluding carboxylic acids is 2. The van der Waals surface area contributed by atoms with Gasteiger partial charge in [-0.3, -0.25) is 9.59 Å². The van der Waals surface area contributed by atoms with Crippen molar-refractivity contribution < 1.29 is 23.9 Å². The molecule has 70 heavy (non-hydrogen) atoms. The van der Waals surface area contributed by atoms with E-state index in [4.69, 9.17) is 68.3 Å². The Bertz CT molecular complexity index is 2620. The molecule has 0 spiro atoms. The van der Waals surface area contributed by atoms with Crippen molar-refractivity contribution in [3.8, 4) is 0 Å². The van der Waals surface area contributed by atoms with Crippen molar-refractivity contribution in [3.63, 3.8) is 0 Å². The fourth-order valence-electron chi connectivity index (χ4n) is 6.26. The van der Waals surface area contributed by atoms with E-state index in [0.29, 0.717) is 33.5 Å². The number of alkyl halides is 1. The van der Waals surface area contributed by atoms with Crippen LogP contribution in [0.5, 0.6) is 0 Å². The number of hydrogen-bond donors (Lipinski definition) is 4. The van der Waals surface area contributed by atoms with E-state index in [2.05, 4.69) is 30.3 Å². The molecule has 0 aromatic heterocycles. The van der Waals surface area contributed by atoms with Crippen molar-refractivity contribution in [2.24, 2.45) is 5.73 Å². The van der Waals surface area contributed by atoms with Gasteiger partial charge in [0.2, 0.25) is 0 Å². The van der Waals surface area contributed by atoms with Crippen LogP contribution in [-0.2, 0) is 30.5 Å². The first-order valence-electron chi connectivity index (χ1n) is 22.3. The third kappa shape index (κ3) is 24.4.